The third-order valence-electron chi connectivity index (χ3n) is 5.60. The van der Waals surface area contributed by atoms with E-state index in [1.165, 1.54) is 5.56 Å². The zero-order valence-corrected chi connectivity index (χ0v) is 15.2. The highest BCUT2D eigenvalue weighted by Crippen LogP contribution is 2.25. The molecule has 0 spiro atoms. The maximum atomic E-state index is 12.4. The Morgan fingerprint density at radius 1 is 1.16 bits per heavy atom. The highest BCUT2D eigenvalue weighted by atomic mass is 16.5. The van der Waals surface area contributed by atoms with E-state index in [9.17, 15) is 9.90 Å². The fraction of sp³-hybridized carbons (Fsp3) is 0.650. The van der Waals surface area contributed by atoms with Gasteiger partial charge in [0, 0.05) is 38.6 Å². The lowest BCUT2D eigenvalue weighted by molar-refractivity contribution is -0.133. The summed E-state index contributed by atoms with van der Waals surface area (Å²) in [7, 11) is 1.67. The minimum atomic E-state index is -0.174. The molecule has 1 aromatic rings. The lowest BCUT2D eigenvalue weighted by Gasteiger charge is -2.39. The zero-order valence-electron chi connectivity index (χ0n) is 15.2. The molecule has 1 heterocycles. The second-order valence-electron chi connectivity index (χ2n) is 7.18. The highest BCUT2D eigenvalue weighted by molar-refractivity contribution is 5.76. The van der Waals surface area contributed by atoms with Crippen molar-refractivity contribution in [1.29, 1.82) is 0 Å². The van der Waals surface area contributed by atoms with Crippen LogP contribution in [0.15, 0.2) is 24.3 Å². The van der Waals surface area contributed by atoms with Gasteiger partial charge in [0.25, 0.3) is 0 Å². The Morgan fingerprint density at radius 2 is 1.88 bits per heavy atom. The zero-order chi connectivity index (χ0) is 17.6. The van der Waals surface area contributed by atoms with E-state index in [2.05, 4.69) is 17.0 Å². The van der Waals surface area contributed by atoms with E-state index in [1.807, 2.05) is 17.0 Å². The molecule has 0 bridgehead atoms. The smallest absolute Gasteiger partial charge is 0.222 e. The van der Waals surface area contributed by atoms with Gasteiger partial charge in [-0.05, 0) is 49.8 Å². The maximum Gasteiger partial charge on any atom is 0.222 e. The number of hydrogen-bond acceptors (Lipinski definition) is 4. The van der Waals surface area contributed by atoms with Gasteiger partial charge in [-0.1, -0.05) is 12.1 Å². The number of amides is 1. The fourth-order valence-corrected chi connectivity index (χ4v) is 4.04. The number of ether oxygens (including phenoxy) is 1. The normalized spacial score (nSPS) is 24.5. The van der Waals surface area contributed by atoms with Gasteiger partial charge in [-0.15, -0.1) is 0 Å². The first-order valence-corrected chi connectivity index (χ1v) is 9.50. The first-order valence-electron chi connectivity index (χ1n) is 9.50. The molecule has 3 rings (SSSR count). The van der Waals surface area contributed by atoms with Gasteiger partial charge < -0.3 is 14.7 Å². The fourth-order valence-electron chi connectivity index (χ4n) is 4.04. The van der Waals surface area contributed by atoms with Crippen molar-refractivity contribution in [2.24, 2.45) is 0 Å². The predicted octanol–water partition coefficient (Wildman–Crippen LogP) is 2.08. The van der Waals surface area contributed by atoms with E-state index in [0.29, 0.717) is 12.5 Å². The third kappa shape index (κ3) is 4.73. The Morgan fingerprint density at radius 3 is 2.48 bits per heavy atom. The van der Waals surface area contributed by atoms with E-state index in [1.54, 1.807) is 7.11 Å². The standard InChI is InChI=1S/C20H30N2O3/c1-25-17-10-8-16(9-11-17)4-2-7-20(24)22-14-12-21(13-15-22)18-5-3-6-19(18)23/h8-11,18-19,23H,2-7,12-15H2,1H3/t18-,19+/m1/s1. The van der Waals surface area contributed by atoms with Gasteiger partial charge in [-0.25, -0.2) is 0 Å². The van der Waals surface area contributed by atoms with Crippen molar-refractivity contribution in [3.63, 3.8) is 0 Å². The number of methoxy groups -OCH3 is 1. The van der Waals surface area contributed by atoms with Crippen LogP contribution >= 0.6 is 0 Å². The lowest BCUT2D eigenvalue weighted by atomic mass is 10.1. The monoisotopic (exact) mass is 346 g/mol. The third-order valence-corrected chi connectivity index (χ3v) is 5.60. The molecule has 2 aliphatic rings. The Labute approximate surface area is 150 Å². The van der Waals surface area contributed by atoms with Crippen LogP contribution in [0.5, 0.6) is 5.75 Å². The second kappa shape index (κ2) is 8.68. The first kappa shape index (κ1) is 18.2. The van der Waals surface area contributed by atoms with Crippen molar-refractivity contribution in [3.8, 4) is 5.75 Å². The molecule has 5 heteroatoms. The molecule has 1 aliphatic heterocycles. The van der Waals surface area contributed by atoms with Crippen LogP contribution in [0.1, 0.15) is 37.7 Å². The molecule has 1 N–H and O–H groups in total. The lowest BCUT2D eigenvalue weighted by Crippen LogP contribution is -2.53. The van der Waals surface area contributed by atoms with Crippen molar-refractivity contribution < 1.29 is 14.6 Å². The summed E-state index contributed by atoms with van der Waals surface area (Å²) in [5.74, 6) is 1.13. The number of carbonyl (C=O) groups excluding carboxylic acids is 1. The molecular weight excluding hydrogens is 316 g/mol. The molecule has 1 saturated heterocycles. The van der Waals surface area contributed by atoms with Gasteiger partial charge in [0.15, 0.2) is 0 Å². The number of hydrogen-bond donors (Lipinski definition) is 1. The number of aliphatic hydroxyl groups excluding tert-OH is 1. The number of piperazine rings is 1. The SMILES string of the molecule is COc1ccc(CCCC(=O)N2CCN([C@@H]3CCC[C@@H]3O)CC2)cc1. The van der Waals surface area contributed by atoms with Crippen molar-refractivity contribution >= 4 is 5.91 Å². The Bertz CT molecular complexity index is 553. The Kier molecular flexibility index (Phi) is 6.32. The summed E-state index contributed by atoms with van der Waals surface area (Å²) in [4.78, 5) is 16.8. The Balaban J connectivity index is 1.37. The number of carbonyl (C=O) groups is 1. The minimum Gasteiger partial charge on any atom is -0.497 e. The van der Waals surface area contributed by atoms with E-state index in [-0.39, 0.29) is 12.0 Å². The van der Waals surface area contributed by atoms with Crippen LogP contribution in [-0.2, 0) is 11.2 Å². The van der Waals surface area contributed by atoms with Gasteiger partial charge in [-0.3, -0.25) is 9.69 Å². The van der Waals surface area contributed by atoms with Crippen LogP contribution < -0.4 is 4.74 Å². The number of benzene rings is 1. The molecule has 5 nitrogen and oxygen atoms in total. The van der Waals surface area contributed by atoms with Gasteiger partial charge in [0.1, 0.15) is 5.75 Å². The molecule has 138 valence electrons. The summed E-state index contributed by atoms with van der Waals surface area (Å²) in [5.41, 5.74) is 1.24. The average Bonchev–Trinajstić information content (AvgIpc) is 3.08. The predicted molar refractivity (Wildman–Crippen MR) is 97.7 cm³/mol. The summed E-state index contributed by atoms with van der Waals surface area (Å²) in [6.45, 7) is 3.38. The van der Waals surface area contributed by atoms with Crippen LogP contribution in [0.4, 0.5) is 0 Å². The summed E-state index contributed by atoms with van der Waals surface area (Å²) >= 11 is 0. The molecule has 0 unspecified atom stereocenters. The Hall–Kier alpha value is -1.59. The highest BCUT2D eigenvalue weighted by Gasteiger charge is 2.33. The quantitative estimate of drug-likeness (QED) is 0.857. The molecule has 0 aromatic heterocycles. The number of rotatable bonds is 6. The van der Waals surface area contributed by atoms with E-state index < -0.39 is 0 Å². The summed E-state index contributed by atoms with van der Waals surface area (Å²) in [6, 6.07) is 8.37. The molecule has 1 saturated carbocycles. The number of aliphatic hydroxyl groups is 1. The van der Waals surface area contributed by atoms with Gasteiger partial charge >= 0.3 is 0 Å². The van der Waals surface area contributed by atoms with Gasteiger partial charge in [0.2, 0.25) is 5.91 Å². The average molecular weight is 346 g/mol. The molecule has 2 fully saturated rings. The summed E-state index contributed by atoms with van der Waals surface area (Å²) < 4.78 is 5.16. The van der Waals surface area contributed by atoms with Crippen molar-refractivity contribution in [2.45, 2.75) is 50.7 Å². The van der Waals surface area contributed by atoms with E-state index in [0.717, 1.165) is 64.0 Å². The van der Waals surface area contributed by atoms with Crippen LogP contribution in [0.3, 0.4) is 0 Å². The van der Waals surface area contributed by atoms with Gasteiger partial charge in [-0.2, -0.15) is 0 Å². The molecule has 1 amide bonds. The molecule has 1 aliphatic carbocycles. The van der Waals surface area contributed by atoms with Crippen molar-refractivity contribution in [1.82, 2.24) is 9.80 Å². The first-order chi connectivity index (χ1) is 12.2. The van der Waals surface area contributed by atoms with Crippen molar-refractivity contribution in [3.05, 3.63) is 29.8 Å². The number of aryl methyl sites for hydroxylation is 1. The molecule has 2 atom stereocenters. The summed E-state index contributed by atoms with van der Waals surface area (Å²) in [6.07, 6.45) is 5.38. The molecule has 1 aromatic carbocycles. The summed E-state index contributed by atoms with van der Waals surface area (Å²) in [5, 5.41) is 10.0. The molecule has 0 radical (unpaired) electrons. The maximum absolute atomic E-state index is 12.4. The number of nitrogens with zero attached hydrogens (tertiary/aromatic N) is 2. The van der Waals surface area contributed by atoms with Crippen LogP contribution in [0, 0.1) is 0 Å². The van der Waals surface area contributed by atoms with Gasteiger partial charge in [0.05, 0.1) is 13.2 Å². The van der Waals surface area contributed by atoms with Crippen LogP contribution in [0.25, 0.3) is 0 Å². The minimum absolute atomic E-state index is 0.174. The van der Waals surface area contributed by atoms with E-state index >= 15 is 0 Å². The van der Waals surface area contributed by atoms with Crippen molar-refractivity contribution in [2.75, 3.05) is 33.3 Å². The van der Waals surface area contributed by atoms with Crippen LogP contribution in [0.2, 0.25) is 0 Å². The largest absolute Gasteiger partial charge is 0.497 e. The molecular formula is C20H30N2O3. The topological polar surface area (TPSA) is 53.0 Å². The second-order valence-corrected chi connectivity index (χ2v) is 7.18. The molecule has 25 heavy (non-hydrogen) atoms. The van der Waals surface area contributed by atoms with E-state index in [4.69, 9.17) is 4.74 Å². The van der Waals surface area contributed by atoms with Crippen LogP contribution in [-0.4, -0.2) is 66.2 Å².